The van der Waals surface area contributed by atoms with Crippen LogP contribution >= 0.6 is 11.8 Å². The smallest absolute Gasteiger partial charge is 0.308 e. The lowest BCUT2D eigenvalue weighted by Crippen LogP contribution is -2.28. The molecule has 0 amide bonds. The molecule has 2 aliphatic rings. The topological polar surface area (TPSA) is 55.1 Å². The number of nitrogens with zero attached hydrogens (tertiary/aromatic N) is 2. The second kappa shape index (κ2) is 5.57. The maximum Gasteiger partial charge on any atom is 0.308 e. The fourth-order valence-electron chi connectivity index (χ4n) is 3.05. The lowest BCUT2D eigenvalue weighted by atomic mass is 9.98. The summed E-state index contributed by atoms with van der Waals surface area (Å²) in [5.74, 6) is 1.45. The zero-order valence-electron chi connectivity index (χ0n) is 11.0. The number of carboxylic acid groups (broad SMARTS) is 1. The molecule has 0 aromatic carbocycles. The Labute approximate surface area is 117 Å². The van der Waals surface area contributed by atoms with Crippen LogP contribution in [0.15, 0.2) is 6.20 Å². The molecule has 1 N–H and O–H groups in total. The Hall–Kier alpha value is -0.970. The molecule has 0 radical (unpaired) electrons. The van der Waals surface area contributed by atoms with E-state index >= 15 is 0 Å². The van der Waals surface area contributed by atoms with Crippen molar-refractivity contribution in [2.75, 3.05) is 5.75 Å². The zero-order chi connectivity index (χ0) is 13.2. The molecule has 5 heteroatoms. The molecule has 0 spiro atoms. The van der Waals surface area contributed by atoms with E-state index < -0.39 is 5.97 Å². The quantitative estimate of drug-likeness (QED) is 0.923. The molecule has 1 aromatic rings. The van der Waals surface area contributed by atoms with Crippen LogP contribution in [-0.2, 0) is 24.2 Å². The molecule has 1 saturated heterocycles. The lowest BCUT2D eigenvalue weighted by Gasteiger charge is -2.25. The number of rotatable bonds is 3. The van der Waals surface area contributed by atoms with Crippen LogP contribution in [0.1, 0.15) is 37.2 Å². The van der Waals surface area contributed by atoms with Gasteiger partial charge in [-0.3, -0.25) is 4.79 Å². The van der Waals surface area contributed by atoms with Gasteiger partial charge in [-0.1, -0.05) is 6.42 Å². The highest BCUT2D eigenvalue weighted by Gasteiger charge is 2.27. The third-order valence-electron chi connectivity index (χ3n) is 4.21. The summed E-state index contributed by atoms with van der Waals surface area (Å²) in [6.07, 6.45) is 8.47. The lowest BCUT2D eigenvalue weighted by molar-refractivity contribution is -0.142. The number of hydrogen-bond donors (Lipinski definition) is 1. The number of fused-ring (bicyclic) bond motifs is 1. The summed E-state index contributed by atoms with van der Waals surface area (Å²) in [5, 5.41) is 9.85. The van der Waals surface area contributed by atoms with Crippen LogP contribution in [0.2, 0.25) is 0 Å². The molecule has 2 unspecified atom stereocenters. The van der Waals surface area contributed by atoms with Crippen molar-refractivity contribution in [2.24, 2.45) is 5.92 Å². The van der Waals surface area contributed by atoms with E-state index in [0.717, 1.165) is 25.1 Å². The average Bonchev–Trinajstić information content (AvgIpc) is 2.82. The molecule has 2 aliphatic heterocycles. The minimum atomic E-state index is -0.669. The maximum absolute atomic E-state index is 11.1. The summed E-state index contributed by atoms with van der Waals surface area (Å²) in [6.45, 7) is 0.609. The van der Waals surface area contributed by atoms with Crippen molar-refractivity contribution in [1.82, 2.24) is 9.55 Å². The molecule has 1 fully saturated rings. The number of thioether (sulfide) groups is 1. The highest BCUT2D eigenvalue weighted by Crippen LogP contribution is 2.29. The number of imidazole rings is 1. The second-order valence-electron chi connectivity index (χ2n) is 5.54. The Morgan fingerprint density at radius 1 is 1.47 bits per heavy atom. The maximum atomic E-state index is 11.1. The molecule has 3 heterocycles. The first kappa shape index (κ1) is 13.0. The van der Waals surface area contributed by atoms with Crippen molar-refractivity contribution in [2.45, 2.75) is 50.3 Å². The normalized spacial score (nSPS) is 26.9. The van der Waals surface area contributed by atoms with Crippen molar-refractivity contribution < 1.29 is 9.90 Å². The molecule has 2 atom stereocenters. The number of aryl methyl sites for hydroxylation is 1. The van der Waals surface area contributed by atoms with E-state index in [0.29, 0.717) is 11.8 Å². The molecule has 1 aromatic heterocycles. The predicted molar refractivity (Wildman–Crippen MR) is 75.5 cm³/mol. The van der Waals surface area contributed by atoms with Gasteiger partial charge in [-0.05, 0) is 31.4 Å². The average molecular weight is 280 g/mol. The van der Waals surface area contributed by atoms with Crippen LogP contribution in [0, 0.1) is 5.92 Å². The van der Waals surface area contributed by atoms with Crippen molar-refractivity contribution >= 4 is 17.7 Å². The molecule has 3 rings (SSSR count). The van der Waals surface area contributed by atoms with E-state index in [1.807, 2.05) is 18.0 Å². The Morgan fingerprint density at radius 2 is 2.37 bits per heavy atom. The van der Waals surface area contributed by atoms with Gasteiger partial charge in [0.25, 0.3) is 0 Å². The second-order valence-corrected chi connectivity index (χ2v) is 6.95. The van der Waals surface area contributed by atoms with E-state index in [1.165, 1.54) is 30.7 Å². The van der Waals surface area contributed by atoms with Crippen LogP contribution in [0.3, 0.4) is 0 Å². The van der Waals surface area contributed by atoms with Crippen molar-refractivity contribution in [3.63, 3.8) is 0 Å². The highest BCUT2D eigenvalue weighted by molar-refractivity contribution is 7.99. The number of carbonyl (C=O) groups is 1. The molecule has 104 valence electrons. The Kier molecular flexibility index (Phi) is 3.82. The van der Waals surface area contributed by atoms with Gasteiger partial charge >= 0.3 is 5.97 Å². The van der Waals surface area contributed by atoms with Crippen LogP contribution < -0.4 is 0 Å². The molecule has 0 aliphatic carbocycles. The van der Waals surface area contributed by atoms with Crippen molar-refractivity contribution in [1.29, 1.82) is 0 Å². The Balaban J connectivity index is 1.73. The molecule has 0 bridgehead atoms. The van der Waals surface area contributed by atoms with Gasteiger partial charge in [0.1, 0.15) is 5.82 Å². The summed E-state index contributed by atoms with van der Waals surface area (Å²) in [6, 6.07) is 0. The fourth-order valence-corrected chi connectivity index (χ4v) is 4.35. The number of aliphatic carboxylic acids is 1. The summed E-state index contributed by atoms with van der Waals surface area (Å²) in [5.41, 5.74) is 1.22. The molecular formula is C14H20N2O2S. The van der Waals surface area contributed by atoms with Gasteiger partial charge in [-0.15, -0.1) is 0 Å². The number of carboxylic acids is 1. The third-order valence-corrected chi connectivity index (χ3v) is 5.60. The van der Waals surface area contributed by atoms with Gasteiger partial charge in [0.05, 0.1) is 5.92 Å². The van der Waals surface area contributed by atoms with Crippen LogP contribution in [0.5, 0.6) is 0 Å². The summed E-state index contributed by atoms with van der Waals surface area (Å²) in [4.78, 5) is 15.7. The molecule has 0 saturated carbocycles. The van der Waals surface area contributed by atoms with Crippen LogP contribution in [-0.4, -0.2) is 31.6 Å². The van der Waals surface area contributed by atoms with Gasteiger partial charge in [-0.25, -0.2) is 4.98 Å². The van der Waals surface area contributed by atoms with Crippen LogP contribution in [0.4, 0.5) is 0 Å². The first-order valence-corrected chi connectivity index (χ1v) is 8.16. The van der Waals surface area contributed by atoms with Gasteiger partial charge < -0.3 is 9.67 Å². The summed E-state index contributed by atoms with van der Waals surface area (Å²) in [7, 11) is 0. The Morgan fingerprint density at radius 3 is 3.11 bits per heavy atom. The monoisotopic (exact) mass is 280 g/mol. The van der Waals surface area contributed by atoms with Crippen molar-refractivity contribution in [3.8, 4) is 0 Å². The van der Waals surface area contributed by atoms with E-state index in [4.69, 9.17) is 0 Å². The summed E-state index contributed by atoms with van der Waals surface area (Å²) < 4.78 is 2.16. The highest BCUT2D eigenvalue weighted by atomic mass is 32.2. The van der Waals surface area contributed by atoms with Gasteiger partial charge in [0.15, 0.2) is 0 Å². The molecule has 19 heavy (non-hydrogen) atoms. The molecule has 4 nitrogen and oxygen atoms in total. The van der Waals surface area contributed by atoms with E-state index in [1.54, 1.807) is 0 Å². The third kappa shape index (κ3) is 2.81. The van der Waals surface area contributed by atoms with Crippen LogP contribution in [0.25, 0.3) is 0 Å². The van der Waals surface area contributed by atoms with Gasteiger partial charge in [0, 0.05) is 30.1 Å². The SMILES string of the molecule is O=C(O)C1CCc2cnc(CC3CCCCS3)n2C1. The number of aromatic nitrogens is 2. The summed E-state index contributed by atoms with van der Waals surface area (Å²) >= 11 is 2.05. The van der Waals surface area contributed by atoms with E-state index in [-0.39, 0.29) is 5.92 Å². The zero-order valence-corrected chi connectivity index (χ0v) is 11.9. The fraction of sp³-hybridized carbons (Fsp3) is 0.714. The minimum absolute atomic E-state index is 0.237. The largest absolute Gasteiger partial charge is 0.481 e. The Bertz CT molecular complexity index is 466. The predicted octanol–water partition coefficient (Wildman–Crippen LogP) is 2.36. The van der Waals surface area contributed by atoms with Gasteiger partial charge in [-0.2, -0.15) is 11.8 Å². The molecular weight excluding hydrogens is 260 g/mol. The van der Waals surface area contributed by atoms with E-state index in [9.17, 15) is 9.90 Å². The van der Waals surface area contributed by atoms with Gasteiger partial charge in [0.2, 0.25) is 0 Å². The number of hydrogen-bond acceptors (Lipinski definition) is 3. The van der Waals surface area contributed by atoms with Crippen molar-refractivity contribution in [3.05, 3.63) is 17.7 Å². The standard InChI is InChI=1S/C14H20N2O2S/c17-14(18)10-4-5-11-8-15-13(16(11)9-10)7-12-3-1-2-6-19-12/h8,10,12H,1-7,9H2,(H,17,18). The minimum Gasteiger partial charge on any atom is -0.481 e. The first-order chi connectivity index (χ1) is 9.24. The first-order valence-electron chi connectivity index (χ1n) is 7.11. The van der Waals surface area contributed by atoms with E-state index in [2.05, 4.69) is 9.55 Å².